The first-order valence-electron chi connectivity index (χ1n) is 5.08. The fourth-order valence-electron chi connectivity index (χ4n) is 1.57. The van der Waals surface area contributed by atoms with E-state index in [0.29, 0.717) is 6.54 Å². The number of benzene rings is 1. The van der Waals surface area contributed by atoms with Crippen LogP contribution in [-0.4, -0.2) is 4.57 Å². The van der Waals surface area contributed by atoms with Crippen LogP contribution in [0.4, 0.5) is 0 Å². The van der Waals surface area contributed by atoms with Crippen molar-refractivity contribution >= 4 is 22.6 Å². The van der Waals surface area contributed by atoms with Gasteiger partial charge in [0.05, 0.1) is 6.54 Å². The molecule has 0 aliphatic heterocycles. The second kappa shape index (κ2) is 4.82. The van der Waals surface area contributed by atoms with Crippen molar-refractivity contribution < 1.29 is 0 Å². The van der Waals surface area contributed by atoms with Gasteiger partial charge in [0, 0.05) is 15.3 Å². The third-order valence-corrected chi connectivity index (χ3v) is 3.71. The van der Waals surface area contributed by atoms with Crippen LogP contribution >= 0.6 is 22.6 Å². The van der Waals surface area contributed by atoms with Crippen LogP contribution < -0.4 is 5.56 Å². The topological polar surface area (TPSA) is 22.0 Å². The highest BCUT2D eigenvalue weighted by Gasteiger charge is 2.03. The Morgan fingerprint density at radius 2 is 1.88 bits per heavy atom. The summed E-state index contributed by atoms with van der Waals surface area (Å²) in [6.45, 7) is 2.50. The fraction of sp³-hybridized carbons (Fsp3) is 0.154. The molecule has 1 heterocycles. The van der Waals surface area contributed by atoms with Crippen molar-refractivity contribution in [1.29, 1.82) is 0 Å². The first-order chi connectivity index (χ1) is 7.68. The first-order valence-corrected chi connectivity index (χ1v) is 6.16. The fourth-order valence-corrected chi connectivity index (χ4v) is 1.96. The summed E-state index contributed by atoms with van der Waals surface area (Å²) in [4.78, 5) is 12.0. The molecule has 1 aromatic heterocycles. The summed E-state index contributed by atoms with van der Waals surface area (Å²) < 4.78 is 2.76. The van der Waals surface area contributed by atoms with Gasteiger partial charge in [-0.2, -0.15) is 0 Å². The van der Waals surface area contributed by atoms with Gasteiger partial charge in [0.25, 0.3) is 5.56 Å². The van der Waals surface area contributed by atoms with Gasteiger partial charge in [0.1, 0.15) is 0 Å². The van der Waals surface area contributed by atoms with Gasteiger partial charge in [-0.1, -0.05) is 30.3 Å². The van der Waals surface area contributed by atoms with Crippen LogP contribution in [0.25, 0.3) is 0 Å². The number of aromatic nitrogens is 1. The Kier molecular flexibility index (Phi) is 3.43. The largest absolute Gasteiger partial charge is 0.311 e. The van der Waals surface area contributed by atoms with Crippen LogP contribution in [0, 0.1) is 10.5 Å². The number of nitrogens with zero attached hydrogens (tertiary/aromatic N) is 1. The number of hydrogen-bond donors (Lipinski definition) is 0. The highest BCUT2D eigenvalue weighted by atomic mass is 127. The van der Waals surface area contributed by atoms with Gasteiger partial charge < -0.3 is 4.57 Å². The Balaban J connectivity index is 2.37. The van der Waals surface area contributed by atoms with Crippen molar-refractivity contribution in [3.8, 4) is 0 Å². The van der Waals surface area contributed by atoms with E-state index in [2.05, 4.69) is 22.6 Å². The molecule has 0 fully saturated rings. The van der Waals surface area contributed by atoms with Gasteiger partial charge in [-0.05, 0) is 41.1 Å². The van der Waals surface area contributed by atoms with E-state index in [4.69, 9.17) is 0 Å². The average Bonchev–Trinajstić information content (AvgIpc) is 2.31. The molecule has 2 aromatic rings. The van der Waals surface area contributed by atoms with Gasteiger partial charge in [-0.3, -0.25) is 4.79 Å². The molecule has 16 heavy (non-hydrogen) atoms. The van der Waals surface area contributed by atoms with Crippen LogP contribution in [0.3, 0.4) is 0 Å². The van der Waals surface area contributed by atoms with E-state index in [1.54, 1.807) is 4.57 Å². The third kappa shape index (κ3) is 2.35. The summed E-state index contributed by atoms with van der Waals surface area (Å²) in [6.07, 6.45) is 1.85. The van der Waals surface area contributed by atoms with E-state index in [9.17, 15) is 4.79 Å². The lowest BCUT2D eigenvalue weighted by Gasteiger charge is -2.07. The smallest absolute Gasteiger partial charge is 0.254 e. The van der Waals surface area contributed by atoms with Crippen LogP contribution in [0.2, 0.25) is 0 Å². The van der Waals surface area contributed by atoms with Crippen molar-refractivity contribution in [3.63, 3.8) is 0 Å². The molecular formula is C13H12INO. The van der Waals surface area contributed by atoms with Gasteiger partial charge >= 0.3 is 0 Å². The molecule has 0 bridgehead atoms. The summed E-state index contributed by atoms with van der Waals surface area (Å²) in [5, 5.41) is 0. The van der Waals surface area contributed by atoms with Crippen molar-refractivity contribution in [2.24, 2.45) is 0 Å². The Labute approximate surface area is 108 Å². The monoisotopic (exact) mass is 325 g/mol. The molecule has 0 aliphatic carbocycles. The van der Waals surface area contributed by atoms with Crippen LogP contribution in [0.5, 0.6) is 0 Å². The Hall–Kier alpha value is -1.10. The van der Waals surface area contributed by atoms with E-state index in [1.807, 2.05) is 49.5 Å². The first kappa shape index (κ1) is 11.4. The molecule has 1 aromatic carbocycles. The molecule has 82 valence electrons. The Morgan fingerprint density at radius 1 is 1.19 bits per heavy atom. The quantitative estimate of drug-likeness (QED) is 0.779. The van der Waals surface area contributed by atoms with E-state index in [-0.39, 0.29) is 5.56 Å². The van der Waals surface area contributed by atoms with Crippen molar-refractivity contribution in [2.45, 2.75) is 13.5 Å². The summed E-state index contributed by atoms with van der Waals surface area (Å²) in [5.74, 6) is 0. The zero-order valence-electron chi connectivity index (χ0n) is 8.98. The summed E-state index contributed by atoms with van der Waals surface area (Å²) in [7, 11) is 0. The lowest BCUT2D eigenvalue weighted by molar-refractivity contribution is 0.750. The number of halogens is 1. The zero-order valence-corrected chi connectivity index (χ0v) is 11.1. The molecule has 2 nitrogen and oxygen atoms in total. The van der Waals surface area contributed by atoms with Gasteiger partial charge in [0.15, 0.2) is 0 Å². The molecule has 0 aliphatic rings. The van der Waals surface area contributed by atoms with Crippen LogP contribution in [-0.2, 0) is 6.54 Å². The minimum atomic E-state index is 0.0933. The standard InChI is InChI=1S/C13H12INO/c1-10-12(14)7-8-15(13(10)16)9-11-5-3-2-4-6-11/h2-8H,9H2,1H3. The number of hydrogen-bond acceptors (Lipinski definition) is 1. The minimum Gasteiger partial charge on any atom is -0.311 e. The molecule has 0 saturated heterocycles. The molecular weight excluding hydrogens is 313 g/mol. The second-order valence-electron chi connectivity index (χ2n) is 3.71. The molecule has 0 saturated carbocycles. The predicted molar refractivity (Wildman–Crippen MR) is 73.7 cm³/mol. The van der Waals surface area contributed by atoms with E-state index < -0.39 is 0 Å². The lowest BCUT2D eigenvalue weighted by atomic mass is 10.2. The second-order valence-corrected chi connectivity index (χ2v) is 4.87. The number of rotatable bonds is 2. The number of pyridine rings is 1. The van der Waals surface area contributed by atoms with Crippen molar-refractivity contribution in [2.75, 3.05) is 0 Å². The molecule has 3 heteroatoms. The Morgan fingerprint density at radius 3 is 2.56 bits per heavy atom. The molecule has 0 spiro atoms. The molecule has 0 N–H and O–H groups in total. The van der Waals surface area contributed by atoms with Gasteiger partial charge in [-0.15, -0.1) is 0 Å². The normalized spacial score (nSPS) is 10.4. The molecule has 0 unspecified atom stereocenters. The maximum atomic E-state index is 12.0. The summed E-state index contributed by atoms with van der Waals surface area (Å²) >= 11 is 2.18. The highest BCUT2D eigenvalue weighted by molar-refractivity contribution is 14.1. The molecule has 0 amide bonds. The minimum absolute atomic E-state index is 0.0933. The Bertz CT molecular complexity index is 546. The maximum absolute atomic E-state index is 12.0. The molecule has 0 radical (unpaired) electrons. The van der Waals surface area contributed by atoms with Crippen LogP contribution in [0.1, 0.15) is 11.1 Å². The van der Waals surface area contributed by atoms with Gasteiger partial charge in [-0.25, -0.2) is 0 Å². The van der Waals surface area contributed by atoms with E-state index >= 15 is 0 Å². The van der Waals surface area contributed by atoms with Gasteiger partial charge in [0.2, 0.25) is 0 Å². The summed E-state index contributed by atoms with van der Waals surface area (Å²) in [6, 6.07) is 12.0. The van der Waals surface area contributed by atoms with Crippen molar-refractivity contribution in [1.82, 2.24) is 4.57 Å². The summed E-state index contributed by atoms with van der Waals surface area (Å²) in [5.41, 5.74) is 2.06. The van der Waals surface area contributed by atoms with Crippen LogP contribution in [0.15, 0.2) is 47.4 Å². The van der Waals surface area contributed by atoms with E-state index in [1.165, 1.54) is 0 Å². The van der Waals surface area contributed by atoms with E-state index in [0.717, 1.165) is 14.7 Å². The predicted octanol–water partition coefficient (Wildman–Crippen LogP) is 2.81. The molecule has 0 atom stereocenters. The lowest BCUT2D eigenvalue weighted by Crippen LogP contribution is -2.22. The average molecular weight is 325 g/mol. The SMILES string of the molecule is Cc1c(I)ccn(Cc2ccccc2)c1=O. The maximum Gasteiger partial charge on any atom is 0.254 e. The highest BCUT2D eigenvalue weighted by Crippen LogP contribution is 2.07. The zero-order chi connectivity index (χ0) is 11.5. The van der Waals surface area contributed by atoms with Crippen molar-refractivity contribution in [3.05, 3.63) is 67.6 Å². The third-order valence-electron chi connectivity index (χ3n) is 2.54. The molecule has 2 rings (SSSR count).